The number of rotatable bonds is 7. The maximum absolute atomic E-state index is 12.5. The van der Waals surface area contributed by atoms with E-state index >= 15 is 0 Å². The molecule has 1 heterocycles. The Balaban J connectivity index is 1.58. The van der Waals surface area contributed by atoms with Gasteiger partial charge in [-0.15, -0.1) is 0 Å². The molecule has 0 aliphatic carbocycles. The third kappa shape index (κ3) is 5.34. The second-order valence-electron chi connectivity index (χ2n) is 6.60. The number of hydrogen-bond donors (Lipinski definition) is 2. The number of anilines is 2. The second kappa shape index (κ2) is 8.40. The van der Waals surface area contributed by atoms with Crippen LogP contribution in [0.15, 0.2) is 60.9 Å². The van der Waals surface area contributed by atoms with E-state index in [-0.39, 0.29) is 12.0 Å². The zero-order valence-corrected chi connectivity index (χ0v) is 15.8. The van der Waals surface area contributed by atoms with E-state index in [0.29, 0.717) is 12.1 Å². The van der Waals surface area contributed by atoms with Gasteiger partial charge < -0.3 is 15.4 Å². The van der Waals surface area contributed by atoms with E-state index in [4.69, 9.17) is 4.74 Å². The second-order valence-corrected chi connectivity index (χ2v) is 6.60. The van der Waals surface area contributed by atoms with Gasteiger partial charge in [0.1, 0.15) is 5.75 Å². The molecule has 0 bridgehead atoms. The molecule has 0 spiro atoms. The van der Waals surface area contributed by atoms with Gasteiger partial charge in [0.05, 0.1) is 18.0 Å². The first-order valence-corrected chi connectivity index (χ1v) is 8.89. The minimum absolute atomic E-state index is 0.118. The Bertz CT molecular complexity index is 901. The van der Waals surface area contributed by atoms with Crippen molar-refractivity contribution in [3.05, 3.63) is 72.1 Å². The fourth-order valence-electron chi connectivity index (χ4n) is 2.63. The fraction of sp³-hybridized carbons (Fsp3) is 0.238. The molecule has 2 N–H and O–H groups in total. The molecule has 3 aromatic rings. The third-order valence-electron chi connectivity index (χ3n) is 3.87. The molecule has 0 aliphatic rings. The smallest absolute Gasteiger partial charge is 0.251 e. The van der Waals surface area contributed by atoms with E-state index in [1.54, 1.807) is 16.9 Å². The standard InChI is InChI=1S/C21H24N4O2/c1-15(2)27-20-9-7-16(8-10-20)12-22-21(26)17-5-4-6-18(11-17)24-19-13-23-25(3)14-19/h4-11,13-15,24H,12H2,1-3H3,(H,22,26). The molecule has 0 atom stereocenters. The molecular formula is C21H24N4O2. The summed E-state index contributed by atoms with van der Waals surface area (Å²) in [5.74, 6) is 0.710. The van der Waals surface area contributed by atoms with Gasteiger partial charge in [-0.05, 0) is 49.7 Å². The number of nitrogens with one attached hydrogen (secondary N) is 2. The Morgan fingerprint density at radius 2 is 1.93 bits per heavy atom. The Kier molecular flexibility index (Phi) is 5.76. The maximum atomic E-state index is 12.5. The Labute approximate surface area is 159 Å². The molecule has 6 heteroatoms. The summed E-state index contributed by atoms with van der Waals surface area (Å²) < 4.78 is 7.35. The van der Waals surface area contributed by atoms with Crippen LogP contribution in [0, 0.1) is 0 Å². The lowest BCUT2D eigenvalue weighted by atomic mass is 10.1. The van der Waals surface area contributed by atoms with Crippen molar-refractivity contribution in [1.82, 2.24) is 15.1 Å². The number of amides is 1. The fourth-order valence-corrected chi connectivity index (χ4v) is 2.63. The van der Waals surface area contributed by atoms with Crippen molar-refractivity contribution in [1.29, 1.82) is 0 Å². The summed E-state index contributed by atoms with van der Waals surface area (Å²) in [6.45, 7) is 4.44. The van der Waals surface area contributed by atoms with Crippen LogP contribution in [0.1, 0.15) is 29.8 Å². The molecule has 140 valence electrons. The first-order valence-electron chi connectivity index (χ1n) is 8.89. The number of ether oxygens (including phenoxy) is 1. The molecule has 0 saturated heterocycles. The van der Waals surface area contributed by atoms with E-state index < -0.39 is 0 Å². The predicted octanol–water partition coefficient (Wildman–Crippen LogP) is 3.88. The van der Waals surface area contributed by atoms with Gasteiger partial charge in [0.2, 0.25) is 0 Å². The van der Waals surface area contributed by atoms with Crippen molar-refractivity contribution >= 4 is 17.3 Å². The van der Waals surface area contributed by atoms with Crippen LogP contribution in [0.4, 0.5) is 11.4 Å². The lowest BCUT2D eigenvalue weighted by Crippen LogP contribution is -2.22. The highest BCUT2D eigenvalue weighted by molar-refractivity contribution is 5.95. The van der Waals surface area contributed by atoms with Crippen molar-refractivity contribution in [2.75, 3.05) is 5.32 Å². The molecule has 0 unspecified atom stereocenters. The third-order valence-corrected chi connectivity index (χ3v) is 3.87. The monoisotopic (exact) mass is 364 g/mol. The molecule has 1 aromatic heterocycles. The Morgan fingerprint density at radius 3 is 2.59 bits per heavy atom. The number of benzene rings is 2. The number of aromatic nitrogens is 2. The molecule has 3 rings (SSSR count). The van der Waals surface area contributed by atoms with Gasteiger partial charge in [-0.25, -0.2) is 0 Å². The van der Waals surface area contributed by atoms with Crippen LogP contribution in [-0.4, -0.2) is 21.8 Å². The summed E-state index contributed by atoms with van der Waals surface area (Å²) in [5.41, 5.74) is 3.33. The molecular weight excluding hydrogens is 340 g/mol. The minimum Gasteiger partial charge on any atom is -0.491 e. The largest absolute Gasteiger partial charge is 0.491 e. The highest BCUT2D eigenvalue weighted by Crippen LogP contribution is 2.17. The lowest BCUT2D eigenvalue weighted by molar-refractivity contribution is 0.0951. The zero-order chi connectivity index (χ0) is 19.2. The Hall–Kier alpha value is -3.28. The van der Waals surface area contributed by atoms with Crippen molar-refractivity contribution in [3.8, 4) is 5.75 Å². The van der Waals surface area contributed by atoms with Crippen LogP contribution in [0.2, 0.25) is 0 Å². The van der Waals surface area contributed by atoms with E-state index in [1.165, 1.54) is 0 Å². The molecule has 0 fully saturated rings. The summed E-state index contributed by atoms with van der Waals surface area (Å²) in [6, 6.07) is 15.1. The van der Waals surface area contributed by atoms with Gasteiger partial charge in [-0.3, -0.25) is 9.48 Å². The number of hydrogen-bond acceptors (Lipinski definition) is 4. The van der Waals surface area contributed by atoms with Gasteiger partial charge in [0, 0.05) is 31.0 Å². The Morgan fingerprint density at radius 1 is 1.15 bits per heavy atom. The van der Waals surface area contributed by atoms with E-state index in [9.17, 15) is 4.79 Å². The lowest BCUT2D eigenvalue weighted by Gasteiger charge is -2.11. The van der Waals surface area contributed by atoms with Crippen molar-refractivity contribution < 1.29 is 9.53 Å². The summed E-state index contributed by atoms with van der Waals surface area (Å²) in [5, 5.41) is 10.3. The summed E-state index contributed by atoms with van der Waals surface area (Å²) in [6.07, 6.45) is 3.75. The van der Waals surface area contributed by atoms with Gasteiger partial charge in [-0.2, -0.15) is 5.10 Å². The van der Waals surface area contributed by atoms with E-state index in [1.807, 2.05) is 69.6 Å². The van der Waals surface area contributed by atoms with E-state index in [0.717, 1.165) is 22.7 Å². The number of carbonyl (C=O) groups is 1. The molecule has 0 aliphatic heterocycles. The minimum atomic E-state index is -0.118. The first kappa shape index (κ1) is 18.5. The highest BCUT2D eigenvalue weighted by atomic mass is 16.5. The normalized spacial score (nSPS) is 10.7. The zero-order valence-electron chi connectivity index (χ0n) is 15.8. The molecule has 6 nitrogen and oxygen atoms in total. The van der Waals surface area contributed by atoms with Crippen LogP contribution in [0.5, 0.6) is 5.75 Å². The van der Waals surface area contributed by atoms with Crippen LogP contribution >= 0.6 is 0 Å². The van der Waals surface area contributed by atoms with Crippen LogP contribution in [0.3, 0.4) is 0 Å². The van der Waals surface area contributed by atoms with Crippen molar-refractivity contribution in [2.45, 2.75) is 26.5 Å². The summed E-state index contributed by atoms with van der Waals surface area (Å²) in [7, 11) is 1.86. The molecule has 0 saturated carbocycles. The number of carbonyl (C=O) groups excluding carboxylic acids is 1. The van der Waals surface area contributed by atoms with Crippen LogP contribution < -0.4 is 15.4 Å². The van der Waals surface area contributed by atoms with Crippen molar-refractivity contribution in [2.24, 2.45) is 7.05 Å². The first-order chi connectivity index (χ1) is 13.0. The van der Waals surface area contributed by atoms with Crippen LogP contribution in [-0.2, 0) is 13.6 Å². The van der Waals surface area contributed by atoms with Gasteiger partial charge in [0.15, 0.2) is 0 Å². The summed E-state index contributed by atoms with van der Waals surface area (Å²) >= 11 is 0. The molecule has 27 heavy (non-hydrogen) atoms. The average Bonchev–Trinajstić information content (AvgIpc) is 3.05. The highest BCUT2D eigenvalue weighted by Gasteiger charge is 2.07. The molecule has 1 amide bonds. The molecule has 2 aromatic carbocycles. The molecule has 0 radical (unpaired) electrons. The maximum Gasteiger partial charge on any atom is 0.251 e. The SMILES string of the molecule is CC(C)Oc1ccc(CNC(=O)c2cccc(Nc3cnn(C)c3)c2)cc1. The van der Waals surface area contributed by atoms with Gasteiger partial charge in [-0.1, -0.05) is 18.2 Å². The quantitative estimate of drug-likeness (QED) is 0.668. The van der Waals surface area contributed by atoms with E-state index in [2.05, 4.69) is 15.7 Å². The van der Waals surface area contributed by atoms with Crippen LogP contribution in [0.25, 0.3) is 0 Å². The topological polar surface area (TPSA) is 68.2 Å². The van der Waals surface area contributed by atoms with Gasteiger partial charge >= 0.3 is 0 Å². The van der Waals surface area contributed by atoms with Gasteiger partial charge in [0.25, 0.3) is 5.91 Å². The summed E-state index contributed by atoms with van der Waals surface area (Å²) in [4.78, 5) is 12.5. The van der Waals surface area contributed by atoms with Crippen molar-refractivity contribution in [3.63, 3.8) is 0 Å². The number of aryl methyl sites for hydroxylation is 1. The average molecular weight is 364 g/mol. The number of nitrogens with zero attached hydrogens (tertiary/aromatic N) is 2. The predicted molar refractivity (Wildman–Crippen MR) is 106 cm³/mol.